The maximum Gasteiger partial charge on any atom is 0.317 e. The maximum absolute atomic E-state index is 12.3. The Morgan fingerprint density at radius 1 is 1.22 bits per heavy atom. The van der Waals surface area contributed by atoms with E-state index in [9.17, 15) is 14.8 Å². The van der Waals surface area contributed by atoms with Gasteiger partial charge in [-0.15, -0.1) is 0 Å². The van der Waals surface area contributed by atoms with Gasteiger partial charge in [-0.3, -0.25) is 20.0 Å². The van der Waals surface area contributed by atoms with Crippen molar-refractivity contribution in [2.24, 2.45) is 5.92 Å². The number of nitrogens with zero attached hydrogens (tertiary/aromatic N) is 1. The average Bonchev–Trinajstić information content (AvgIpc) is 3.44. The van der Waals surface area contributed by atoms with Gasteiger partial charge in [-0.25, -0.2) is 5.48 Å². The maximum atomic E-state index is 12.3. The molecule has 3 N–H and O–H groups in total. The number of hydroxylamine groups is 1. The molecular formula is C18H17N2O7-. The molecular weight excluding hydrogens is 356 g/mol. The molecule has 0 spiro atoms. The third-order valence-electron chi connectivity index (χ3n) is 4.56. The Bertz CT molecular complexity index is 870. The lowest BCUT2D eigenvalue weighted by Crippen LogP contribution is -2.31. The van der Waals surface area contributed by atoms with Crippen LogP contribution in [-0.2, 0) is 19.7 Å². The summed E-state index contributed by atoms with van der Waals surface area (Å²) in [6.45, 7) is 0. The molecule has 0 saturated heterocycles. The highest BCUT2D eigenvalue weighted by Crippen LogP contribution is 2.55. The highest BCUT2D eigenvalue weighted by atomic mass is 16.8. The minimum Gasteiger partial charge on any atom is -0.733 e. The first-order chi connectivity index (χ1) is 12.9. The van der Waals surface area contributed by atoms with Crippen molar-refractivity contribution in [3.8, 4) is 11.5 Å². The van der Waals surface area contributed by atoms with Gasteiger partial charge in [0.05, 0.1) is 18.7 Å². The van der Waals surface area contributed by atoms with Gasteiger partial charge in [0.1, 0.15) is 16.9 Å². The second kappa shape index (κ2) is 7.23. The van der Waals surface area contributed by atoms with Crippen LogP contribution < -0.4 is 15.4 Å². The number of hydrogen-bond donors (Lipinski definition) is 3. The van der Waals surface area contributed by atoms with E-state index in [0.717, 1.165) is 0 Å². The van der Waals surface area contributed by atoms with Crippen LogP contribution >= 0.6 is 0 Å². The van der Waals surface area contributed by atoms with E-state index in [0.29, 0.717) is 17.1 Å². The van der Waals surface area contributed by atoms with Crippen LogP contribution in [0, 0.1) is 11.1 Å². The Kier molecular flexibility index (Phi) is 5.00. The van der Waals surface area contributed by atoms with Crippen LogP contribution in [0.4, 0.5) is 5.69 Å². The standard InChI is InChI=1S/C18H17N2O7/c1-26-17(22)18(10-15(18)16(21)19-23)11-4-2-6-13(8-11)27-14-7-3-5-12(9-14)20(24)25/h2-9,15,23-24H,10H2,1H3,(H,19,21)/q-1/t15-,18-/m0/s1. The average molecular weight is 373 g/mol. The fraction of sp³-hybridized carbons (Fsp3) is 0.222. The van der Waals surface area contributed by atoms with Gasteiger partial charge in [-0.1, -0.05) is 18.2 Å². The van der Waals surface area contributed by atoms with Crippen molar-refractivity contribution in [3.05, 3.63) is 59.3 Å². The normalized spacial score (nSPS) is 20.5. The number of hydrogen-bond acceptors (Lipinski definition) is 8. The molecule has 0 heterocycles. The SMILES string of the molecule is COC(=O)[C@]1(c2cccc(Oc3cccc(N([O-])O)c3)c2)C[C@H]1C(=O)NO. The van der Waals surface area contributed by atoms with E-state index in [1.165, 1.54) is 25.3 Å². The smallest absolute Gasteiger partial charge is 0.317 e. The highest BCUT2D eigenvalue weighted by molar-refractivity contribution is 5.97. The fourth-order valence-corrected chi connectivity index (χ4v) is 3.14. The molecule has 9 heteroatoms. The van der Waals surface area contributed by atoms with Gasteiger partial charge in [0, 0.05) is 6.07 Å². The predicted octanol–water partition coefficient (Wildman–Crippen LogP) is 2.11. The number of carbonyl (C=O) groups excluding carboxylic acids is 2. The zero-order chi connectivity index (χ0) is 19.6. The van der Waals surface area contributed by atoms with Crippen LogP contribution in [0.1, 0.15) is 12.0 Å². The number of anilines is 1. The summed E-state index contributed by atoms with van der Waals surface area (Å²) in [6.07, 6.45) is 0.195. The molecule has 1 fully saturated rings. The molecule has 0 aliphatic heterocycles. The summed E-state index contributed by atoms with van der Waals surface area (Å²) >= 11 is 0. The molecule has 2 atom stereocenters. The van der Waals surface area contributed by atoms with E-state index in [4.69, 9.17) is 19.9 Å². The first-order valence-corrected chi connectivity index (χ1v) is 7.99. The molecule has 1 aliphatic rings. The molecule has 2 aromatic carbocycles. The van der Waals surface area contributed by atoms with Gasteiger partial charge in [0.25, 0.3) is 0 Å². The quantitative estimate of drug-likeness (QED) is 0.398. The first-order valence-electron chi connectivity index (χ1n) is 7.99. The van der Waals surface area contributed by atoms with Crippen LogP contribution in [0.2, 0.25) is 0 Å². The van der Waals surface area contributed by atoms with Crippen LogP contribution in [0.25, 0.3) is 0 Å². The van der Waals surface area contributed by atoms with E-state index in [2.05, 4.69) is 0 Å². The summed E-state index contributed by atoms with van der Waals surface area (Å²) in [5.74, 6) is -1.35. The minimum absolute atomic E-state index is 0.00319. The Morgan fingerprint density at radius 3 is 2.52 bits per heavy atom. The number of rotatable bonds is 6. The van der Waals surface area contributed by atoms with Gasteiger partial charge >= 0.3 is 5.97 Å². The summed E-state index contributed by atoms with van der Waals surface area (Å²) in [7, 11) is 1.23. The van der Waals surface area contributed by atoms with Crippen LogP contribution in [-0.4, -0.2) is 29.4 Å². The monoisotopic (exact) mass is 373 g/mol. The van der Waals surface area contributed by atoms with Gasteiger partial charge in [-0.2, -0.15) is 0 Å². The van der Waals surface area contributed by atoms with E-state index < -0.39 is 23.2 Å². The number of benzene rings is 2. The number of nitrogens with one attached hydrogen (secondary N) is 1. The molecule has 0 radical (unpaired) electrons. The molecule has 9 nitrogen and oxygen atoms in total. The number of ether oxygens (including phenoxy) is 2. The van der Waals surface area contributed by atoms with Gasteiger partial charge in [0.15, 0.2) is 0 Å². The molecule has 1 amide bonds. The summed E-state index contributed by atoms with van der Waals surface area (Å²) in [5.41, 5.74) is 0.872. The molecule has 1 saturated carbocycles. The summed E-state index contributed by atoms with van der Waals surface area (Å²) < 4.78 is 10.5. The Hall–Kier alpha value is -3.14. The molecule has 3 rings (SSSR count). The lowest BCUT2D eigenvalue weighted by atomic mass is 9.92. The second-order valence-electron chi connectivity index (χ2n) is 6.10. The van der Waals surface area contributed by atoms with E-state index >= 15 is 0 Å². The molecule has 2 aromatic rings. The fourth-order valence-electron chi connectivity index (χ4n) is 3.14. The highest BCUT2D eigenvalue weighted by Gasteiger charge is 2.65. The van der Waals surface area contributed by atoms with E-state index in [1.807, 2.05) is 0 Å². The van der Waals surface area contributed by atoms with Gasteiger partial charge < -0.3 is 19.9 Å². The zero-order valence-corrected chi connectivity index (χ0v) is 14.3. The van der Waals surface area contributed by atoms with Gasteiger partial charge in [0.2, 0.25) is 5.91 Å². The van der Waals surface area contributed by atoms with Crippen molar-refractivity contribution in [2.75, 3.05) is 12.3 Å². The van der Waals surface area contributed by atoms with Crippen molar-refractivity contribution in [1.82, 2.24) is 5.48 Å². The predicted molar refractivity (Wildman–Crippen MR) is 92.3 cm³/mol. The Labute approximate surface area is 154 Å². The van der Waals surface area contributed by atoms with Crippen molar-refractivity contribution in [1.29, 1.82) is 0 Å². The molecule has 27 heavy (non-hydrogen) atoms. The summed E-state index contributed by atoms with van der Waals surface area (Å²) in [4.78, 5) is 24.1. The second-order valence-corrected chi connectivity index (χ2v) is 6.10. The van der Waals surface area contributed by atoms with Crippen molar-refractivity contribution in [2.45, 2.75) is 11.8 Å². The van der Waals surface area contributed by atoms with E-state index in [1.54, 1.807) is 35.8 Å². The lowest BCUT2D eigenvalue weighted by Gasteiger charge is -2.22. The topological polar surface area (TPSA) is 131 Å². The number of esters is 1. The van der Waals surface area contributed by atoms with Crippen molar-refractivity contribution >= 4 is 17.6 Å². The van der Waals surface area contributed by atoms with Crippen molar-refractivity contribution in [3.63, 3.8) is 0 Å². The number of methoxy groups -OCH3 is 1. The molecule has 0 bridgehead atoms. The first kappa shape index (κ1) is 18.6. The van der Waals surface area contributed by atoms with Gasteiger partial charge in [-0.05, 0) is 36.2 Å². The van der Waals surface area contributed by atoms with Crippen molar-refractivity contribution < 1.29 is 29.5 Å². The molecule has 0 aromatic heterocycles. The number of amides is 1. The zero-order valence-electron chi connectivity index (χ0n) is 14.3. The third kappa shape index (κ3) is 3.43. The number of carbonyl (C=O) groups is 2. The Morgan fingerprint density at radius 2 is 1.89 bits per heavy atom. The largest absolute Gasteiger partial charge is 0.733 e. The summed E-state index contributed by atoms with van der Waals surface area (Å²) in [5, 5.41) is 28.6. The Balaban J connectivity index is 1.90. The molecule has 1 aliphatic carbocycles. The third-order valence-corrected chi connectivity index (χ3v) is 4.56. The van der Waals surface area contributed by atoms with Crippen LogP contribution in [0.5, 0.6) is 11.5 Å². The van der Waals surface area contributed by atoms with Crippen LogP contribution in [0.15, 0.2) is 48.5 Å². The summed E-state index contributed by atoms with van der Waals surface area (Å²) in [6, 6.07) is 12.4. The van der Waals surface area contributed by atoms with Crippen LogP contribution in [0.3, 0.4) is 0 Å². The molecule has 142 valence electrons. The molecule has 0 unspecified atom stereocenters. The lowest BCUT2D eigenvalue weighted by molar-refractivity contribution is -0.146. The minimum atomic E-state index is -1.19. The van der Waals surface area contributed by atoms with E-state index in [-0.39, 0.29) is 17.3 Å².